The minimum absolute atomic E-state index is 0.0815. The molecule has 3 rings (SSSR count). The first-order chi connectivity index (χ1) is 10.2. The third kappa shape index (κ3) is 3.64. The van der Waals surface area contributed by atoms with Crippen molar-refractivity contribution in [2.24, 2.45) is 0 Å². The second-order valence-corrected chi connectivity index (χ2v) is 5.36. The van der Waals surface area contributed by atoms with Crippen molar-refractivity contribution < 1.29 is 13.3 Å². The molecule has 1 aromatic carbocycles. The van der Waals surface area contributed by atoms with E-state index in [4.69, 9.17) is 4.52 Å². The van der Waals surface area contributed by atoms with E-state index in [-0.39, 0.29) is 12.5 Å². The van der Waals surface area contributed by atoms with Crippen molar-refractivity contribution in [1.29, 1.82) is 0 Å². The van der Waals surface area contributed by atoms with Crippen LogP contribution in [-0.2, 0) is 6.42 Å². The van der Waals surface area contributed by atoms with Crippen molar-refractivity contribution in [3.8, 4) is 0 Å². The first-order valence-electron chi connectivity index (χ1n) is 7.21. The van der Waals surface area contributed by atoms with Gasteiger partial charge in [-0.05, 0) is 37.1 Å². The van der Waals surface area contributed by atoms with Gasteiger partial charge in [0, 0.05) is 12.5 Å². The SMILES string of the molecule is Fc1cc(F)cc(Cc2noc(C3CCCCCN3)n2)c1. The van der Waals surface area contributed by atoms with Gasteiger partial charge in [-0.1, -0.05) is 18.0 Å². The Bertz CT molecular complexity index is 586. The zero-order chi connectivity index (χ0) is 14.7. The van der Waals surface area contributed by atoms with Crippen LogP contribution in [0.1, 0.15) is 49.0 Å². The van der Waals surface area contributed by atoms with E-state index in [0.29, 0.717) is 17.3 Å². The lowest BCUT2D eigenvalue weighted by atomic mass is 10.1. The predicted molar refractivity (Wildman–Crippen MR) is 72.7 cm³/mol. The van der Waals surface area contributed by atoms with Crippen molar-refractivity contribution in [1.82, 2.24) is 15.5 Å². The Kier molecular flexibility index (Phi) is 4.24. The monoisotopic (exact) mass is 293 g/mol. The van der Waals surface area contributed by atoms with Crippen molar-refractivity contribution in [3.63, 3.8) is 0 Å². The predicted octanol–water partition coefficient (Wildman–Crippen LogP) is 3.14. The van der Waals surface area contributed by atoms with E-state index in [1.54, 1.807) is 0 Å². The molecule has 0 bridgehead atoms. The summed E-state index contributed by atoms with van der Waals surface area (Å²) in [5.74, 6) is -0.192. The Hall–Kier alpha value is -1.82. The zero-order valence-corrected chi connectivity index (χ0v) is 11.6. The van der Waals surface area contributed by atoms with Gasteiger partial charge in [-0.2, -0.15) is 4.98 Å². The fourth-order valence-electron chi connectivity index (χ4n) is 2.62. The first kappa shape index (κ1) is 14.1. The largest absolute Gasteiger partial charge is 0.338 e. The zero-order valence-electron chi connectivity index (χ0n) is 11.6. The molecule has 2 aromatic rings. The van der Waals surface area contributed by atoms with Crippen LogP contribution in [0.25, 0.3) is 0 Å². The fraction of sp³-hybridized carbons (Fsp3) is 0.467. The lowest BCUT2D eigenvalue weighted by Crippen LogP contribution is -2.20. The maximum atomic E-state index is 13.2. The van der Waals surface area contributed by atoms with Crippen LogP contribution in [0.15, 0.2) is 22.7 Å². The first-order valence-corrected chi connectivity index (χ1v) is 7.21. The van der Waals surface area contributed by atoms with Gasteiger partial charge in [0.25, 0.3) is 0 Å². The smallest absolute Gasteiger partial charge is 0.243 e. The van der Waals surface area contributed by atoms with E-state index in [9.17, 15) is 8.78 Å². The van der Waals surface area contributed by atoms with E-state index >= 15 is 0 Å². The Labute approximate surface area is 121 Å². The molecule has 0 radical (unpaired) electrons. The normalized spacial score (nSPS) is 19.4. The maximum Gasteiger partial charge on any atom is 0.243 e. The van der Waals surface area contributed by atoms with Gasteiger partial charge in [0.05, 0.1) is 6.04 Å². The van der Waals surface area contributed by atoms with Crippen LogP contribution in [0.4, 0.5) is 8.78 Å². The molecule has 1 saturated heterocycles. The summed E-state index contributed by atoms with van der Waals surface area (Å²) in [5.41, 5.74) is 0.494. The summed E-state index contributed by atoms with van der Waals surface area (Å²) in [6, 6.07) is 3.49. The highest BCUT2D eigenvalue weighted by molar-refractivity contribution is 5.21. The molecule has 1 aliphatic heterocycles. The molecule has 2 heterocycles. The van der Waals surface area contributed by atoms with Crippen molar-refractivity contribution in [2.45, 2.75) is 38.1 Å². The van der Waals surface area contributed by atoms with Crippen LogP contribution in [0.3, 0.4) is 0 Å². The summed E-state index contributed by atoms with van der Waals surface area (Å²) in [7, 11) is 0. The van der Waals surface area contributed by atoms with Crippen LogP contribution in [0, 0.1) is 11.6 Å². The van der Waals surface area contributed by atoms with Crippen molar-refractivity contribution in [2.75, 3.05) is 6.54 Å². The molecule has 112 valence electrons. The molecule has 1 aromatic heterocycles. The van der Waals surface area contributed by atoms with E-state index < -0.39 is 11.6 Å². The molecule has 0 aliphatic carbocycles. The van der Waals surface area contributed by atoms with Gasteiger partial charge in [0.2, 0.25) is 5.89 Å². The van der Waals surface area contributed by atoms with Gasteiger partial charge in [0.15, 0.2) is 5.82 Å². The lowest BCUT2D eigenvalue weighted by Gasteiger charge is -2.09. The summed E-state index contributed by atoms with van der Waals surface area (Å²) < 4.78 is 31.6. The van der Waals surface area contributed by atoms with Gasteiger partial charge in [-0.3, -0.25) is 0 Å². The van der Waals surface area contributed by atoms with E-state index in [0.717, 1.165) is 31.9 Å². The molecule has 1 fully saturated rings. The average Bonchev–Trinajstić information content (AvgIpc) is 2.72. The highest BCUT2D eigenvalue weighted by atomic mass is 19.1. The van der Waals surface area contributed by atoms with Gasteiger partial charge in [-0.15, -0.1) is 0 Å². The number of benzene rings is 1. The van der Waals surface area contributed by atoms with Crippen LogP contribution >= 0.6 is 0 Å². The summed E-state index contributed by atoms with van der Waals surface area (Å²) in [5, 5.41) is 7.28. The van der Waals surface area contributed by atoms with Crippen molar-refractivity contribution in [3.05, 3.63) is 47.1 Å². The molecular weight excluding hydrogens is 276 g/mol. The number of rotatable bonds is 3. The minimum Gasteiger partial charge on any atom is -0.338 e. The van der Waals surface area contributed by atoms with Gasteiger partial charge >= 0.3 is 0 Å². The second kappa shape index (κ2) is 6.30. The number of nitrogens with one attached hydrogen (secondary N) is 1. The Balaban J connectivity index is 1.72. The second-order valence-electron chi connectivity index (χ2n) is 5.36. The van der Waals surface area contributed by atoms with E-state index in [1.807, 2.05) is 0 Å². The Morgan fingerprint density at radius 1 is 1.14 bits per heavy atom. The molecule has 4 nitrogen and oxygen atoms in total. The molecule has 6 heteroatoms. The van der Waals surface area contributed by atoms with Crippen molar-refractivity contribution >= 4 is 0 Å². The van der Waals surface area contributed by atoms with Crippen LogP contribution in [0.2, 0.25) is 0 Å². The van der Waals surface area contributed by atoms with E-state index in [1.165, 1.54) is 18.6 Å². The number of aromatic nitrogens is 2. The molecular formula is C15H17F2N3O. The number of hydrogen-bond donors (Lipinski definition) is 1. The minimum atomic E-state index is -0.598. The summed E-state index contributed by atoms with van der Waals surface area (Å²) >= 11 is 0. The molecule has 0 spiro atoms. The van der Waals surface area contributed by atoms with Crippen LogP contribution < -0.4 is 5.32 Å². The number of hydrogen-bond acceptors (Lipinski definition) is 4. The number of nitrogens with zero attached hydrogens (tertiary/aromatic N) is 2. The molecule has 1 atom stereocenters. The summed E-state index contributed by atoms with van der Waals surface area (Å²) in [6.07, 6.45) is 4.71. The summed E-state index contributed by atoms with van der Waals surface area (Å²) in [6.45, 7) is 0.942. The van der Waals surface area contributed by atoms with Gasteiger partial charge < -0.3 is 9.84 Å². The Morgan fingerprint density at radius 2 is 1.95 bits per heavy atom. The molecule has 0 saturated carbocycles. The number of halogens is 2. The quantitative estimate of drug-likeness (QED) is 0.944. The molecule has 1 aliphatic rings. The van der Waals surface area contributed by atoms with Gasteiger partial charge in [-0.25, -0.2) is 8.78 Å². The third-order valence-electron chi connectivity index (χ3n) is 3.63. The standard InChI is InChI=1S/C15H17F2N3O/c16-11-6-10(7-12(17)9-11)8-14-19-15(21-20-14)13-4-2-1-3-5-18-13/h6-7,9,13,18H,1-5,8H2. The Morgan fingerprint density at radius 3 is 2.76 bits per heavy atom. The fourth-order valence-corrected chi connectivity index (χ4v) is 2.62. The molecule has 1 N–H and O–H groups in total. The van der Waals surface area contributed by atoms with Gasteiger partial charge in [0.1, 0.15) is 11.6 Å². The third-order valence-corrected chi connectivity index (χ3v) is 3.63. The molecule has 0 amide bonds. The average molecular weight is 293 g/mol. The lowest BCUT2D eigenvalue weighted by molar-refractivity contribution is 0.325. The topological polar surface area (TPSA) is 51.0 Å². The molecule has 21 heavy (non-hydrogen) atoms. The van der Waals surface area contributed by atoms with E-state index in [2.05, 4.69) is 15.5 Å². The van der Waals surface area contributed by atoms with Crippen LogP contribution in [0.5, 0.6) is 0 Å². The summed E-state index contributed by atoms with van der Waals surface area (Å²) in [4.78, 5) is 4.35. The maximum absolute atomic E-state index is 13.2. The molecule has 1 unspecified atom stereocenters. The highest BCUT2D eigenvalue weighted by Crippen LogP contribution is 2.21. The van der Waals surface area contributed by atoms with Crippen LogP contribution in [-0.4, -0.2) is 16.7 Å². The highest BCUT2D eigenvalue weighted by Gasteiger charge is 2.20.